The van der Waals surface area contributed by atoms with E-state index < -0.39 is 17.2 Å². The summed E-state index contributed by atoms with van der Waals surface area (Å²) in [6, 6.07) is 13.9. The molecule has 6 rings (SSSR count). The smallest absolute Gasteiger partial charge is 0.330 e. The summed E-state index contributed by atoms with van der Waals surface area (Å²) in [4.78, 5) is 50.3. The highest BCUT2D eigenvalue weighted by molar-refractivity contribution is 6.06. The lowest BCUT2D eigenvalue weighted by Crippen LogP contribution is -2.30. The largest absolute Gasteiger partial charge is 0.336 e. The number of carbonyl (C=O) groups is 1. The Morgan fingerprint density at radius 1 is 1.12 bits per heavy atom. The summed E-state index contributed by atoms with van der Waals surface area (Å²) in [7, 11) is 3.47. The Hall–Kier alpha value is -4.80. The average Bonchev–Trinajstić information content (AvgIpc) is 3.56. The molecule has 0 saturated heterocycles. The highest BCUT2D eigenvalue weighted by atomic mass is 19.1. The summed E-state index contributed by atoms with van der Waals surface area (Å²) in [5.74, 6) is -0.146. The van der Waals surface area contributed by atoms with E-state index in [1.165, 1.54) is 10.6 Å². The van der Waals surface area contributed by atoms with Crippen LogP contribution in [0.5, 0.6) is 0 Å². The summed E-state index contributed by atoms with van der Waals surface area (Å²) in [5, 5.41) is 4.26. The zero-order chi connectivity index (χ0) is 28.8. The fourth-order valence-electron chi connectivity index (χ4n) is 5.25. The molecule has 0 spiro atoms. The molecule has 1 atom stereocenters. The molecule has 11 heteroatoms. The summed E-state index contributed by atoms with van der Waals surface area (Å²) >= 11 is 0. The number of carbonyl (C=O) groups excluding carboxylic acids is 1. The van der Waals surface area contributed by atoms with Gasteiger partial charge in [-0.3, -0.25) is 23.8 Å². The zero-order valence-corrected chi connectivity index (χ0v) is 23.0. The standard InChI is InChI=1S/C30H30FN7O3/c1-17-23(16-36(2)35-17)29(40)37(3)21-12-10-19(11-13-21)22(14-20-6-4-5-7-24(20)31)26-32-25-27(33-26)38(15-18-8-9-18)30(41)34-28(25)39/h4-7,10-13,16,18,22H,8-9,14-15H2,1-3H3,(H,32,33)(H,34,39,41). The Kier molecular flexibility index (Phi) is 6.64. The first kappa shape index (κ1) is 26.4. The highest BCUT2D eigenvalue weighted by Crippen LogP contribution is 2.32. The predicted molar refractivity (Wildman–Crippen MR) is 153 cm³/mol. The third-order valence-electron chi connectivity index (χ3n) is 7.73. The SMILES string of the molecule is Cc1nn(C)cc1C(=O)N(C)c1ccc(C(Cc2ccccc2F)c2nc3c([nH]2)c(=O)[nH]c(=O)n3CC2CC2)cc1. The molecule has 0 radical (unpaired) electrons. The van der Waals surface area contributed by atoms with Crippen LogP contribution in [-0.2, 0) is 20.0 Å². The van der Waals surface area contributed by atoms with Crippen molar-refractivity contribution >= 4 is 22.8 Å². The number of anilines is 1. The van der Waals surface area contributed by atoms with Gasteiger partial charge in [-0.1, -0.05) is 30.3 Å². The predicted octanol–water partition coefficient (Wildman–Crippen LogP) is 3.66. The second-order valence-electron chi connectivity index (χ2n) is 10.7. The van der Waals surface area contributed by atoms with E-state index in [0.717, 1.165) is 18.4 Å². The molecule has 0 bridgehead atoms. The fraction of sp³-hybridized carbons (Fsp3) is 0.300. The molecule has 3 aromatic heterocycles. The first-order chi connectivity index (χ1) is 19.7. The van der Waals surface area contributed by atoms with Crippen molar-refractivity contribution in [3.8, 4) is 0 Å². The second kappa shape index (κ2) is 10.3. The van der Waals surface area contributed by atoms with E-state index in [2.05, 4.69) is 15.1 Å². The van der Waals surface area contributed by atoms with Crippen molar-refractivity contribution in [2.24, 2.45) is 13.0 Å². The van der Waals surface area contributed by atoms with Gasteiger partial charge in [-0.25, -0.2) is 14.2 Å². The Morgan fingerprint density at radius 3 is 2.51 bits per heavy atom. The molecule has 1 fully saturated rings. The van der Waals surface area contributed by atoms with Crippen LogP contribution in [0.15, 0.2) is 64.3 Å². The van der Waals surface area contributed by atoms with E-state index in [9.17, 15) is 18.8 Å². The molecule has 2 aromatic carbocycles. The van der Waals surface area contributed by atoms with E-state index in [4.69, 9.17) is 4.98 Å². The van der Waals surface area contributed by atoms with Crippen LogP contribution < -0.4 is 16.1 Å². The second-order valence-corrected chi connectivity index (χ2v) is 10.7. The molecule has 1 aliphatic carbocycles. The Bertz CT molecular complexity index is 1880. The first-order valence-corrected chi connectivity index (χ1v) is 13.5. The van der Waals surface area contributed by atoms with Crippen LogP contribution in [0, 0.1) is 18.7 Å². The summed E-state index contributed by atoms with van der Waals surface area (Å²) < 4.78 is 17.9. The molecule has 2 N–H and O–H groups in total. The minimum absolute atomic E-state index is 0.184. The number of rotatable bonds is 8. The molecule has 1 unspecified atom stereocenters. The number of H-pyrrole nitrogens is 2. The number of halogens is 1. The third kappa shape index (κ3) is 5.10. The van der Waals surface area contributed by atoms with Crippen LogP contribution in [-0.4, -0.2) is 42.3 Å². The number of aromatic amines is 2. The number of amides is 1. The van der Waals surface area contributed by atoms with Gasteiger partial charge >= 0.3 is 5.69 Å². The van der Waals surface area contributed by atoms with E-state index in [1.54, 1.807) is 55.0 Å². The van der Waals surface area contributed by atoms with Crippen molar-refractivity contribution in [2.75, 3.05) is 11.9 Å². The van der Waals surface area contributed by atoms with Crippen LogP contribution in [0.3, 0.4) is 0 Å². The minimum atomic E-state index is -0.540. The monoisotopic (exact) mass is 555 g/mol. The molecule has 1 saturated carbocycles. The number of fused-ring (bicyclic) bond motifs is 1. The Labute approximate surface area is 234 Å². The van der Waals surface area contributed by atoms with Gasteiger partial charge in [0.1, 0.15) is 17.2 Å². The lowest BCUT2D eigenvalue weighted by molar-refractivity contribution is 0.0992. The van der Waals surface area contributed by atoms with Gasteiger partial charge in [0.05, 0.1) is 11.3 Å². The third-order valence-corrected chi connectivity index (χ3v) is 7.73. The van der Waals surface area contributed by atoms with Gasteiger partial charge in [-0.05, 0) is 61.4 Å². The van der Waals surface area contributed by atoms with Gasteiger partial charge in [0.15, 0.2) is 5.65 Å². The van der Waals surface area contributed by atoms with E-state index >= 15 is 0 Å². The van der Waals surface area contributed by atoms with Crippen molar-refractivity contribution in [3.63, 3.8) is 0 Å². The van der Waals surface area contributed by atoms with Crippen molar-refractivity contribution < 1.29 is 9.18 Å². The fourth-order valence-corrected chi connectivity index (χ4v) is 5.25. The lowest BCUT2D eigenvalue weighted by atomic mass is 9.91. The molecule has 41 heavy (non-hydrogen) atoms. The van der Waals surface area contributed by atoms with Gasteiger partial charge in [0, 0.05) is 38.4 Å². The van der Waals surface area contributed by atoms with Gasteiger partial charge in [0.2, 0.25) is 0 Å². The summed E-state index contributed by atoms with van der Waals surface area (Å²) in [6.07, 6.45) is 4.02. The van der Waals surface area contributed by atoms with Gasteiger partial charge in [-0.2, -0.15) is 5.10 Å². The van der Waals surface area contributed by atoms with E-state index in [0.29, 0.717) is 46.4 Å². The van der Waals surface area contributed by atoms with Crippen LogP contribution in [0.4, 0.5) is 10.1 Å². The lowest BCUT2D eigenvalue weighted by Gasteiger charge is -2.20. The number of hydrogen-bond acceptors (Lipinski definition) is 5. The van der Waals surface area contributed by atoms with Gasteiger partial charge in [-0.15, -0.1) is 0 Å². The maximum Gasteiger partial charge on any atom is 0.330 e. The van der Waals surface area contributed by atoms with Crippen molar-refractivity contribution in [1.29, 1.82) is 0 Å². The van der Waals surface area contributed by atoms with Crippen LogP contribution in [0.25, 0.3) is 11.2 Å². The first-order valence-electron chi connectivity index (χ1n) is 13.5. The van der Waals surface area contributed by atoms with Gasteiger partial charge < -0.3 is 9.88 Å². The Balaban J connectivity index is 1.39. The number of hydrogen-bond donors (Lipinski definition) is 2. The average molecular weight is 556 g/mol. The maximum atomic E-state index is 14.8. The number of aryl methyl sites for hydroxylation is 2. The zero-order valence-electron chi connectivity index (χ0n) is 23.0. The molecule has 1 amide bonds. The molecule has 210 valence electrons. The van der Waals surface area contributed by atoms with Crippen molar-refractivity contribution in [3.05, 3.63) is 110 Å². The van der Waals surface area contributed by atoms with Crippen LogP contribution >= 0.6 is 0 Å². The van der Waals surface area contributed by atoms with E-state index in [-0.39, 0.29) is 23.7 Å². The number of imidazole rings is 1. The van der Waals surface area contributed by atoms with Crippen molar-refractivity contribution in [2.45, 2.75) is 38.6 Å². The molecular weight excluding hydrogens is 525 g/mol. The summed E-state index contributed by atoms with van der Waals surface area (Å²) in [5.41, 5.74) is 2.62. The molecule has 0 aliphatic heterocycles. The number of nitrogens with zero attached hydrogens (tertiary/aromatic N) is 5. The highest BCUT2D eigenvalue weighted by Gasteiger charge is 2.27. The minimum Gasteiger partial charge on any atom is -0.336 e. The molecule has 3 heterocycles. The molecule has 5 aromatic rings. The quantitative estimate of drug-likeness (QED) is 0.303. The molecule has 10 nitrogen and oxygen atoms in total. The molecular formula is C30H30FN7O3. The van der Waals surface area contributed by atoms with Crippen LogP contribution in [0.1, 0.15) is 51.8 Å². The molecule has 1 aliphatic rings. The summed E-state index contributed by atoms with van der Waals surface area (Å²) in [6.45, 7) is 2.28. The van der Waals surface area contributed by atoms with E-state index in [1.807, 2.05) is 24.3 Å². The number of nitrogens with one attached hydrogen (secondary N) is 2. The van der Waals surface area contributed by atoms with Crippen LogP contribution in [0.2, 0.25) is 0 Å². The number of benzene rings is 2. The topological polar surface area (TPSA) is 122 Å². The normalized spacial score (nSPS) is 14.0. The van der Waals surface area contributed by atoms with Crippen molar-refractivity contribution in [1.82, 2.24) is 29.3 Å². The number of aromatic nitrogens is 6. The Morgan fingerprint density at radius 2 is 1.85 bits per heavy atom. The van der Waals surface area contributed by atoms with Gasteiger partial charge in [0.25, 0.3) is 11.5 Å². The maximum absolute atomic E-state index is 14.8.